The Morgan fingerprint density at radius 1 is 1.41 bits per heavy atom. The van der Waals surface area contributed by atoms with Crippen molar-refractivity contribution in [2.45, 2.75) is 40.2 Å². The third kappa shape index (κ3) is 3.12. The molecule has 0 aliphatic heterocycles. The van der Waals surface area contributed by atoms with E-state index in [4.69, 9.17) is 15.7 Å². The van der Waals surface area contributed by atoms with Gasteiger partial charge in [0, 0.05) is 0 Å². The topological polar surface area (TPSA) is 67.8 Å². The lowest BCUT2D eigenvalue weighted by Gasteiger charge is -2.19. The zero-order valence-corrected chi connectivity index (χ0v) is 10.8. The van der Waals surface area contributed by atoms with Crippen molar-refractivity contribution < 1.29 is 9.94 Å². The molecule has 0 fully saturated rings. The van der Waals surface area contributed by atoms with Crippen molar-refractivity contribution in [3.8, 4) is 5.75 Å². The molecular formula is C13H20N2O2. The summed E-state index contributed by atoms with van der Waals surface area (Å²) in [4.78, 5) is 0. The van der Waals surface area contributed by atoms with E-state index in [1.165, 1.54) is 5.56 Å². The van der Waals surface area contributed by atoms with E-state index in [-0.39, 0.29) is 11.9 Å². The first-order valence-corrected chi connectivity index (χ1v) is 5.71. The first-order chi connectivity index (χ1) is 7.99. The van der Waals surface area contributed by atoms with Crippen LogP contribution >= 0.6 is 0 Å². The third-order valence-corrected chi connectivity index (χ3v) is 2.85. The standard InChI is InChI=1S/C13H20N2O2/c1-5-11(13(14)15-16)17-12-7-8(2)6-9(3)10(12)4/h6-7,11,16H,5H2,1-4H3,(H2,14,15). The average Bonchev–Trinajstić information content (AvgIpc) is 2.30. The second kappa shape index (κ2) is 5.57. The minimum absolute atomic E-state index is 0.103. The largest absolute Gasteiger partial charge is 0.482 e. The summed E-state index contributed by atoms with van der Waals surface area (Å²) in [6.45, 7) is 7.99. The van der Waals surface area contributed by atoms with Gasteiger partial charge >= 0.3 is 0 Å². The van der Waals surface area contributed by atoms with Gasteiger partial charge in [0.25, 0.3) is 0 Å². The van der Waals surface area contributed by atoms with Crippen molar-refractivity contribution >= 4 is 5.84 Å². The van der Waals surface area contributed by atoms with E-state index in [2.05, 4.69) is 11.2 Å². The lowest BCUT2D eigenvalue weighted by Crippen LogP contribution is -2.33. The summed E-state index contributed by atoms with van der Waals surface area (Å²) in [6.07, 6.45) is 0.266. The summed E-state index contributed by atoms with van der Waals surface area (Å²) in [5, 5.41) is 11.7. The minimum Gasteiger partial charge on any atom is -0.482 e. The number of aryl methyl sites for hydroxylation is 2. The second-order valence-corrected chi connectivity index (χ2v) is 4.24. The molecule has 1 rings (SSSR count). The average molecular weight is 236 g/mol. The van der Waals surface area contributed by atoms with Crippen LogP contribution < -0.4 is 10.5 Å². The van der Waals surface area contributed by atoms with Crippen LogP contribution in [0.4, 0.5) is 0 Å². The van der Waals surface area contributed by atoms with Gasteiger partial charge in [0.2, 0.25) is 0 Å². The van der Waals surface area contributed by atoms with Crippen molar-refractivity contribution in [2.75, 3.05) is 0 Å². The molecule has 17 heavy (non-hydrogen) atoms. The van der Waals surface area contributed by atoms with Crippen molar-refractivity contribution in [1.29, 1.82) is 0 Å². The summed E-state index contributed by atoms with van der Waals surface area (Å²) < 4.78 is 5.79. The van der Waals surface area contributed by atoms with Crippen LogP contribution in [0.5, 0.6) is 5.75 Å². The van der Waals surface area contributed by atoms with Crippen LogP contribution in [0.2, 0.25) is 0 Å². The molecule has 1 aromatic carbocycles. The molecule has 0 amide bonds. The van der Waals surface area contributed by atoms with Crippen LogP contribution in [0.3, 0.4) is 0 Å². The highest BCUT2D eigenvalue weighted by Crippen LogP contribution is 2.24. The lowest BCUT2D eigenvalue weighted by atomic mass is 10.1. The Kier molecular flexibility index (Phi) is 4.37. The molecule has 0 spiro atoms. The monoisotopic (exact) mass is 236 g/mol. The molecule has 0 heterocycles. The Hall–Kier alpha value is -1.71. The number of amidine groups is 1. The number of ether oxygens (including phenoxy) is 1. The van der Waals surface area contributed by atoms with Crippen LogP contribution in [0.15, 0.2) is 17.3 Å². The summed E-state index contributed by atoms with van der Waals surface area (Å²) in [5.74, 6) is 0.895. The summed E-state index contributed by atoms with van der Waals surface area (Å²) in [7, 11) is 0. The van der Waals surface area contributed by atoms with Gasteiger partial charge in [0.1, 0.15) is 5.75 Å². The van der Waals surface area contributed by atoms with Crippen LogP contribution in [0, 0.1) is 20.8 Å². The van der Waals surface area contributed by atoms with E-state index in [0.717, 1.165) is 16.9 Å². The zero-order chi connectivity index (χ0) is 13.0. The summed E-state index contributed by atoms with van der Waals surface area (Å²) in [5.41, 5.74) is 8.97. The van der Waals surface area contributed by atoms with Gasteiger partial charge in [-0.1, -0.05) is 18.1 Å². The lowest BCUT2D eigenvalue weighted by molar-refractivity contribution is 0.245. The van der Waals surface area contributed by atoms with E-state index in [0.29, 0.717) is 6.42 Å². The minimum atomic E-state index is -0.389. The molecule has 4 heteroatoms. The van der Waals surface area contributed by atoms with Crippen LogP contribution in [0.1, 0.15) is 30.0 Å². The smallest absolute Gasteiger partial charge is 0.180 e. The summed E-state index contributed by atoms with van der Waals surface area (Å²) in [6, 6.07) is 4.07. The van der Waals surface area contributed by atoms with E-state index in [1.807, 2.05) is 33.8 Å². The predicted molar refractivity (Wildman–Crippen MR) is 68.8 cm³/mol. The van der Waals surface area contributed by atoms with Gasteiger partial charge in [-0.2, -0.15) is 0 Å². The number of nitrogens with zero attached hydrogens (tertiary/aromatic N) is 1. The number of nitrogens with two attached hydrogens (primary N) is 1. The maximum Gasteiger partial charge on any atom is 0.180 e. The molecular weight excluding hydrogens is 216 g/mol. The molecule has 1 atom stereocenters. The fraction of sp³-hybridized carbons (Fsp3) is 0.462. The predicted octanol–water partition coefficient (Wildman–Crippen LogP) is 2.52. The first kappa shape index (κ1) is 13.4. The van der Waals surface area contributed by atoms with Gasteiger partial charge in [-0.15, -0.1) is 0 Å². The fourth-order valence-corrected chi connectivity index (χ4v) is 1.69. The highest BCUT2D eigenvalue weighted by atomic mass is 16.5. The number of hydrogen-bond donors (Lipinski definition) is 2. The molecule has 0 saturated heterocycles. The molecule has 0 bridgehead atoms. The van der Waals surface area contributed by atoms with Crippen LogP contribution in [-0.4, -0.2) is 17.1 Å². The number of benzene rings is 1. The fourth-order valence-electron chi connectivity index (χ4n) is 1.69. The van der Waals surface area contributed by atoms with Crippen LogP contribution in [-0.2, 0) is 0 Å². The van der Waals surface area contributed by atoms with Crippen molar-refractivity contribution in [3.05, 3.63) is 28.8 Å². The molecule has 0 aliphatic rings. The Bertz CT molecular complexity index is 428. The molecule has 3 N–H and O–H groups in total. The van der Waals surface area contributed by atoms with E-state index in [1.54, 1.807) is 0 Å². The Morgan fingerprint density at radius 3 is 2.59 bits per heavy atom. The van der Waals surface area contributed by atoms with Crippen molar-refractivity contribution in [3.63, 3.8) is 0 Å². The highest BCUT2D eigenvalue weighted by Gasteiger charge is 2.15. The number of rotatable bonds is 4. The van der Waals surface area contributed by atoms with Gasteiger partial charge in [-0.25, -0.2) is 0 Å². The maximum atomic E-state index is 8.68. The van der Waals surface area contributed by atoms with Gasteiger partial charge in [0.15, 0.2) is 11.9 Å². The number of hydrogen-bond acceptors (Lipinski definition) is 3. The van der Waals surface area contributed by atoms with E-state index in [9.17, 15) is 0 Å². The van der Waals surface area contributed by atoms with Crippen molar-refractivity contribution in [1.82, 2.24) is 0 Å². The van der Waals surface area contributed by atoms with Gasteiger partial charge < -0.3 is 15.7 Å². The Morgan fingerprint density at radius 2 is 2.06 bits per heavy atom. The zero-order valence-electron chi connectivity index (χ0n) is 10.8. The summed E-state index contributed by atoms with van der Waals surface area (Å²) >= 11 is 0. The first-order valence-electron chi connectivity index (χ1n) is 5.71. The third-order valence-electron chi connectivity index (χ3n) is 2.85. The van der Waals surface area contributed by atoms with Gasteiger partial charge in [0.05, 0.1) is 0 Å². The van der Waals surface area contributed by atoms with E-state index >= 15 is 0 Å². The quantitative estimate of drug-likeness (QED) is 0.365. The Balaban J connectivity index is 3.01. The number of oxime groups is 1. The second-order valence-electron chi connectivity index (χ2n) is 4.24. The molecule has 0 aromatic heterocycles. The van der Waals surface area contributed by atoms with Gasteiger partial charge in [-0.3, -0.25) is 0 Å². The molecule has 0 aliphatic carbocycles. The molecule has 0 saturated carbocycles. The Labute approximate surface area is 102 Å². The maximum absolute atomic E-state index is 8.68. The van der Waals surface area contributed by atoms with E-state index < -0.39 is 0 Å². The molecule has 1 aromatic rings. The molecule has 0 radical (unpaired) electrons. The van der Waals surface area contributed by atoms with Gasteiger partial charge in [-0.05, 0) is 49.9 Å². The van der Waals surface area contributed by atoms with Crippen molar-refractivity contribution in [2.24, 2.45) is 10.9 Å². The van der Waals surface area contributed by atoms with Crippen LogP contribution in [0.25, 0.3) is 0 Å². The normalized spacial score (nSPS) is 13.5. The SMILES string of the molecule is CCC(Oc1cc(C)cc(C)c1C)C(N)=NO. The highest BCUT2D eigenvalue weighted by molar-refractivity contribution is 5.84. The molecule has 94 valence electrons. The molecule has 1 unspecified atom stereocenters. The molecule has 4 nitrogen and oxygen atoms in total.